The lowest BCUT2D eigenvalue weighted by Gasteiger charge is -2.22. The molecule has 3 aromatic carbocycles. The molecule has 0 saturated carbocycles. The molecular weight excluding hydrogens is 420 g/mol. The zero-order valence-electron chi connectivity index (χ0n) is 20.3. The topological polar surface area (TPSA) is 50.4 Å². The Labute approximate surface area is 204 Å². The van der Waals surface area contributed by atoms with Gasteiger partial charge in [0.2, 0.25) is 0 Å². The Balaban J connectivity index is 1.37. The summed E-state index contributed by atoms with van der Waals surface area (Å²) in [4.78, 5) is 12.0. The molecule has 4 heteroatoms. The van der Waals surface area contributed by atoms with Crippen LogP contribution in [0.1, 0.15) is 42.9 Å². The van der Waals surface area contributed by atoms with Crippen molar-refractivity contribution >= 4 is 6.09 Å². The third-order valence-corrected chi connectivity index (χ3v) is 6.12. The van der Waals surface area contributed by atoms with Crippen LogP contribution in [0.15, 0.2) is 91.0 Å². The van der Waals surface area contributed by atoms with Gasteiger partial charge in [0, 0.05) is 12.6 Å². The average molecular weight is 459 g/mol. The van der Waals surface area contributed by atoms with Crippen LogP contribution in [0.2, 0.25) is 0 Å². The largest absolute Gasteiger partial charge is 0.445 e. The first kappa shape index (κ1) is 25.5. The van der Waals surface area contributed by atoms with E-state index >= 15 is 0 Å². The predicted octanol–water partition coefficient (Wildman–Crippen LogP) is 6.16. The molecule has 0 aromatic heterocycles. The molecule has 0 saturated heterocycles. The highest BCUT2D eigenvalue weighted by atomic mass is 16.5. The monoisotopic (exact) mass is 458 g/mol. The van der Waals surface area contributed by atoms with E-state index in [4.69, 9.17) is 4.74 Å². The van der Waals surface area contributed by atoms with Crippen molar-refractivity contribution in [1.29, 1.82) is 0 Å². The number of rotatable bonds is 14. The minimum absolute atomic E-state index is 0.300. The van der Waals surface area contributed by atoms with Crippen molar-refractivity contribution in [3.8, 4) is 0 Å². The Morgan fingerprint density at radius 3 is 1.76 bits per heavy atom. The van der Waals surface area contributed by atoms with Crippen molar-refractivity contribution in [1.82, 2.24) is 10.6 Å². The van der Waals surface area contributed by atoms with Crippen molar-refractivity contribution in [2.45, 2.75) is 51.7 Å². The fourth-order valence-corrected chi connectivity index (χ4v) is 3.98. The zero-order valence-corrected chi connectivity index (χ0v) is 20.3. The van der Waals surface area contributed by atoms with Gasteiger partial charge in [-0.2, -0.15) is 0 Å². The Morgan fingerprint density at radius 1 is 0.735 bits per heavy atom. The van der Waals surface area contributed by atoms with E-state index in [0.717, 1.165) is 44.2 Å². The number of hydrogen-bond donors (Lipinski definition) is 2. The first-order valence-electron chi connectivity index (χ1n) is 12.4. The maximum absolute atomic E-state index is 12.0. The number of carbonyl (C=O) groups is 1. The van der Waals surface area contributed by atoms with Gasteiger partial charge in [-0.05, 0) is 61.3 Å². The lowest BCUT2D eigenvalue weighted by atomic mass is 9.98. The third kappa shape index (κ3) is 10.2. The van der Waals surface area contributed by atoms with E-state index in [2.05, 4.69) is 78.2 Å². The van der Waals surface area contributed by atoms with Crippen molar-refractivity contribution in [2.24, 2.45) is 5.92 Å². The first-order chi connectivity index (χ1) is 16.7. The van der Waals surface area contributed by atoms with Crippen LogP contribution in [0.4, 0.5) is 4.79 Å². The summed E-state index contributed by atoms with van der Waals surface area (Å²) in [5.74, 6) is 0.463. The second-order valence-electron chi connectivity index (χ2n) is 9.04. The molecule has 0 bridgehead atoms. The van der Waals surface area contributed by atoms with E-state index in [0.29, 0.717) is 25.1 Å². The lowest BCUT2D eigenvalue weighted by Crippen LogP contribution is -2.35. The molecule has 0 radical (unpaired) electrons. The number of carbonyl (C=O) groups excluding carboxylic acids is 1. The van der Waals surface area contributed by atoms with Crippen LogP contribution in [0.25, 0.3) is 0 Å². The molecule has 0 heterocycles. The van der Waals surface area contributed by atoms with Crippen molar-refractivity contribution in [3.05, 3.63) is 108 Å². The minimum Gasteiger partial charge on any atom is -0.445 e. The molecule has 4 nitrogen and oxygen atoms in total. The highest BCUT2D eigenvalue weighted by molar-refractivity contribution is 5.67. The third-order valence-electron chi connectivity index (χ3n) is 6.12. The quantitative estimate of drug-likeness (QED) is 0.304. The minimum atomic E-state index is -0.354. The molecule has 1 amide bonds. The van der Waals surface area contributed by atoms with E-state index in [-0.39, 0.29) is 6.09 Å². The Hall–Kier alpha value is -3.11. The molecule has 3 aromatic rings. The van der Waals surface area contributed by atoms with Crippen LogP contribution < -0.4 is 10.6 Å². The molecule has 180 valence electrons. The van der Waals surface area contributed by atoms with Crippen molar-refractivity contribution < 1.29 is 9.53 Å². The average Bonchev–Trinajstić information content (AvgIpc) is 2.89. The molecular formula is C30H38N2O2. The number of alkyl carbamates (subject to hydrolysis) is 1. The van der Waals surface area contributed by atoms with Gasteiger partial charge < -0.3 is 15.4 Å². The highest BCUT2D eigenvalue weighted by Gasteiger charge is 2.12. The van der Waals surface area contributed by atoms with Gasteiger partial charge in [-0.25, -0.2) is 4.79 Å². The zero-order chi connectivity index (χ0) is 23.8. The molecule has 2 N–H and O–H groups in total. The van der Waals surface area contributed by atoms with Gasteiger partial charge in [-0.15, -0.1) is 0 Å². The number of nitrogens with one attached hydrogen (secondary N) is 2. The summed E-state index contributed by atoms with van der Waals surface area (Å²) in [6.45, 7) is 4.09. The van der Waals surface area contributed by atoms with Gasteiger partial charge in [0.05, 0.1) is 0 Å². The second-order valence-corrected chi connectivity index (χ2v) is 9.04. The lowest BCUT2D eigenvalue weighted by molar-refractivity contribution is 0.139. The molecule has 0 unspecified atom stereocenters. The van der Waals surface area contributed by atoms with E-state index < -0.39 is 0 Å². The maximum Gasteiger partial charge on any atom is 0.407 e. The van der Waals surface area contributed by atoms with E-state index in [1.54, 1.807) is 0 Å². The molecule has 0 aliphatic carbocycles. The van der Waals surface area contributed by atoms with Crippen LogP contribution in [-0.2, 0) is 24.2 Å². The maximum atomic E-state index is 12.0. The van der Waals surface area contributed by atoms with Crippen LogP contribution >= 0.6 is 0 Å². The van der Waals surface area contributed by atoms with Gasteiger partial charge in [0.15, 0.2) is 0 Å². The predicted molar refractivity (Wildman–Crippen MR) is 140 cm³/mol. The van der Waals surface area contributed by atoms with Crippen LogP contribution in [-0.4, -0.2) is 25.2 Å². The fourth-order valence-electron chi connectivity index (χ4n) is 3.98. The SMILES string of the molecule is C[C@@H](CCNC(=O)OCc1ccccc1)CNC(CCc1ccccc1)CCc1ccccc1. The molecule has 34 heavy (non-hydrogen) atoms. The first-order valence-corrected chi connectivity index (χ1v) is 12.4. The summed E-state index contributed by atoms with van der Waals surface area (Å²) in [5.41, 5.74) is 3.77. The second kappa shape index (κ2) is 14.9. The van der Waals surface area contributed by atoms with Gasteiger partial charge in [0.25, 0.3) is 0 Å². The molecule has 0 spiro atoms. The van der Waals surface area contributed by atoms with Gasteiger partial charge in [-0.1, -0.05) is 97.9 Å². The van der Waals surface area contributed by atoms with Crippen molar-refractivity contribution in [3.63, 3.8) is 0 Å². The summed E-state index contributed by atoms with van der Waals surface area (Å²) in [6.07, 6.45) is 4.96. The number of aryl methyl sites for hydroxylation is 2. The van der Waals surface area contributed by atoms with E-state index in [1.807, 2.05) is 30.3 Å². The molecule has 3 rings (SSSR count). The standard InChI is InChI=1S/C30H38N2O2/c1-25(21-22-31-30(33)34-24-28-15-9-4-10-16-28)23-32-29(19-17-26-11-5-2-6-12-26)20-18-27-13-7-3-8-14-27/h2-16,25,29,32H,17-24H2,1H3,(H,31,33)/t25-/m0/s1. The summed E-state index contributed by atoms with van der Waals surface area (Å²) < 4.78 is 5.29. The van der Waals surface area contributed by atoms with Crippen LogP contribution in [0.5, 0.6) is 0 Å². The van der Waals surface area contributed by atoms with E-state index in [9.17, 15) is 4.79 Å². The summed E-state index contributed by atoms with van der Waals surface area (Å²) in [6, 6.07) is 31.6. The normalized spacial score (nSPS) is 11.8. The summed E-state index contributed by atoms with van der Waals surface area (Å²) in [7, 11) is 0. The highest BCUT2D eigenvalue weighted by Crippen LogP contribution is 2.12. The molecule has 1 atom stereocenters. The Morgan fingerprint density at radius 2 is 1.24 bits per heavy atom. The molecule has 0 aliphatic rings. The van der Waals surface area contributed by atoms with Crippen LogP contribution in [0, 0.1) is 5.92 Å². The fraction of sp³-hybridized carbons (Fsp3) is 0.367. The van der Waals surface area contributed by atoms with Gasteiger partial charge >= 0.3 is 6.09 Å². The number of hydrogen-bond acceptors (Lipinski definition) is 3. The smallest absolute Gasteiger partial charge is 0.407 e. The van der Waals surface area contributed by atoms with Crippen molar-refractivity contribution in [2.75, 3.05) is 13.1 Å². The molecule has 0 fully saturated rings. The molecule has 0 aliphatic heterocycles. The number of ether oxygens (including phenoxy) is 1. The number of benzene rings is 3. The summed E-state index contributed by atoms with van der Waals surface area (Å²) in [5, 5.41) is 6.68. The Kier molecular flexibility index (Phi) is 11.2. The van der Waals surface area contributed by atoms with Gasteiger partial charge in [0.1, 0.15) is 6.61 Å². The summed E-state index contributed by atoms with van der Waals surface area (Å²) >= 11 is 0. The van der Waals surface area contributed by atoms with Gasteiger partial charge in [-0.3, -0.25) is 0 Å². The Bertz CT molecular complexity index is 888. The van der Waals surface area contributed by atoms with E-state index in [1.165, 1.54) is 11.1 Å². The number of amides is 1. The van der Waals surface area contributed by atoms with Crippen LogP contribution in [0.3, 0.4) is 0 Å².